The zero-order valence-electron chi connectivity index (χ0n) is 19.7. The predicted octanol–water partition coefficient (Wildman–Crippen LogP) is 3.44. The molecule has 30 heavy (non-hydrogen) atoms. The van der Waals surface area contributed by atoms with E-state index in [1.807, 2.05) is 53.7 Å². The largest absolute Gasteiger partial charge is 0.395 e. The molecule has 1 saturated heterocycles. The summed E-state index contributed by atoms with van der Waals surface area (Å²) in [5, 5.41) is 9.85. The summed E-state index contributed by atoms with van der Waals surface area (Å²) in [5.41, 5.74) is 1.32. The second-order valence-electron chi connectivity index (χ2n) is 10.7. The Hall–Kier alpha value is -1.56. The van der Waals surface area contributed by atoms with Crippen molar-refractivity contribution in [2.75, 3.05) is 39.3 Å². The molecule has 2 rings (SSSR count). The molecule has 1 heterocycles. The molecule has 0 amide bonds. The minimum absolute atomic E-state index is 0.0818. The third-order valence-corrected chi connectivity index (χ3v) is 5.91. The van der Waals surface area contributed by atoms with Crippen molar-refractivity contribution in [1.82, 2.24) is 9.80 Å². The lowest BCUT2D eigenvalue weighted by Crippen LogP contribution is -2.56. The maximum atomic E-state index is 12.4. The fourth-order valence-corrected chi connectivity index (χ4v) is 3.75. The normalized spacial score (nSPS) is 19.1. The number of aryl methyl sites for hydroxylation is 1. The summed E-state index contributed by atoms with van der Waals surface area (Å²) in [4.78, 5) is 29.2. The molecule has 0 saturated carbocycles. The molecule has 1 aliphatic heterocycles. The van der Waals surface area contributed by atoms with E-state index in [1.54, 1.807) is 0 Å². The van der Waals surface area contributed by atoms with E-state index in [2.05, 4.69) is 21.9 Å². The zero-order valence-corrected chi connectivity index (χ0v) is 19.7. The van der Waals surface area contributed by atoms with Crippen LogP contribution < -0.4 is 0 Å². The number of ketones is 2. The van der Waals surface area contributed by atoms with Gasteiger partial charge in [-0.15, -0.1) is 0 Å². The third-order valence-electron chi connectivity index (χ3n) is 5.91. The van der Waals surface area contributed by atoms with Crippen LogP contribution >= 0.6 is 0 Å². The fraction of sp³-hybridized carbons (Fsp3) is 0.680. The average Bonchev–Trinajstić information content (AvgIpc) is 2.67. The Labute approximate surface area is 182 Å². The Kier molecular flexibility index (Phi) is 8.37. The first kappa shape index (κ1) is 24.7. The highest BCUT2D eigenvalue weighted by molar-refractivity contribution is 5.99. The first-order valence-corrected chi connectivity index (χ1v) is 11.2. The van der Waals surface area contributed by atoms with Crippen molar-refractivity contribution in [3.8, 4) is 0 Å². The van der Waals surface area contributed by atoms with Crippen LogP contribution in [0.25, 0.3) is 0 Å². The highest BCUT2D eigenvalue weighted by Gasteiger charge is 2.30. The summed E-state index contributed by atoms with van der Waals surface area (Å²) < 4.78 is 0. The molecule has 1 aliphatic rings. The molecule has 0 unspecified atom stereocenters. The maximum absolute atomic E-state index is 12.4. The number of Topliss-reactive ketones (excluding diaryl/α,β-unsaturated/α-hetero) is 2. The smallest absolute Gasteiger partial charge is 0.168 e. The molecule has 0 aromatic heterocycles. The third kappa shape index (κ3) is 7.00. The standard InChI is InChI=1S/C25H40N2O3/c1-24(2,3)22(29)17-26-14-15-27(21(16-26)18-28)13-7-8-19-9-11-20(12-10-19)23(30)25(4,5)6/h9-12,21,28H,7-8,13-18H2,1-6H3/t21-/m1/s1. The Balaban J connectivity index is 1.82. The Morgan fingerprint density at radius 3 is 2.17 bits per heavy atom. The van der Waals surface area contributed by atoms with Gasteiger partial charge in [0.1, 0.15) is 0 Å². The second-order valence-corrected chi connectivity index (χ2v) is 10.7. The molecule has 1 N–H and O–H groups in total. The van der Waals surface area contributed by atoms with Gasteiger partial charge in [0.25, 0.3) is 0 Å². The average molecular weight is 417 g/mol. The first-order chi connectivity index (χ1) is 13.9. The van der Waals surface area contributed by atoms with Crippen molar-refractivity contribution in [3.05, 3.63) is 35.4 Å². The van der Waals surface area contributed by atoms with Crippen molar-refractivity contribution in [1.29, 1.82) is 0 Å². The van der Waals surface area contributed by atoms with Gasteiger partial charge in [-0.2, -0.15) is 0 Å². The van der Waals surface area contributed by atoms with E-state index in [1.165, 1.54) is 5.56 Å². The van der Waals surface area contributed by atoms with Gasteiger partial charge in [0.05, 0.1) is 13.2 Å². The van der Waals surface area contributed by atoms with E-state index in [0.717, 1.165) is 44.6 Å². The molecule has 168 valence electrons. The predicted molar refractivity (Wildman–Crippen MR) is 122 cm³/mol. The topological polar surface area (TPSA) is 60.9 Å². The van der Waals surface area contributed by atoms with Gasteiger partial charge in [-0.25, -0.2) is 0 Å². The zero-order chi connectivity index (χ0) is 22.5. The Morgan fingerprint density at radius 2 is 1.63 bits per heavy atom. The minimum Gasteiger partial charge on any atom is -0.395 e. The number of aliphatic hydroxyl groups is 1. The highest BCUT2D eigenvalue weighted by atomic mass is 16.3. The van der Waals surface area contributed by atoms with Crippen LogP contribution in [0.3, 0.4) is 0 Å². The van der Waals surface area contributed by atoms with Gasteiger partial charge >= 0.3 is 0 Å². The van der Waals surface area contributed by atoms with E-state index in [0.29, 0.717) is 6.54 Å². The van der Waals surface area contributed by atoms with Gasteiger partial charge in [-0.1, -0.05) is 65.8 Å². The van der Waals surface area contributed by atoms with Gasteiger partial charge in [-0.05, 0) is 24.9 Å². The molecule has 1 atom stereocenters. The van der Waals surface area contributed by atoms with E-state index >= 15 is 0 Å². The van der Waals surface area contributed by atoms with E-state index in [4.69, 9.17) is 0 Å². The number of piperazine rings is 1. The van der Waals surface area contributed by atoms with Crippen molar-refractivity contribution in [2.24, 2.45) is 10.8 Å². The monoisotopic (exact) mass is 416 g/mol. The molecule has 1 aromatic carbocycles. The van der Waals surface area contributed by atoms with Gasteiger partial charge in [0, 0.05) is 42.1 Å². The van der Waals surface area contributed by atoms with Crippen LogP contribution in [0.2, 0.25) is 0 Å². The first-order valence-electron chi connectivity index (χ1n) is 11.2. The van der Waals surface area contributed by atoms with Gasteiger partial charge in [0.15, 0.2) is 11.6 Å². The summed E-state index contributed by atoms with van der Waals surface area (Å²) >= 11 is 0. The van der Waals surface area contributed by atoms with E-state index in [9.17, 15) is 14.7 Å². The molecule has 1 aromatic rings. The van der Waals surface area contributed by atoms with Crippen LogP contribution in [0.15, 0.2) is 24.3 Å². The number of carbonyl (C=O) groups excluding carboxylic acids is 2. The molecular formula is C25H40N2O3. The number of hydrogen-bond donors (Lipinski definition) is 1. The summed E-state index contributed by atoms with van der Waals surface area (Å²) in [6.45, 7) is 15.7. The van der Waals surface area contributed by atoms with Crippen LogP contribution in [0.4, 0.5) is 0 Å². The molecule has 0 spiro atoms. The minimum atomic E-state index is -0.361. The number of carbonyl (C=O) groups is 2. The molecule has 0 aliphatic carbocycles. The van der Waals surface area contributed by atoms with Crippen molar-refractivity contribution in [2.45, 2.75) is 60.4 Å². The van der Waals surface area contributed by atoms with Crippen LogP contribution in [0, 0.1) is 10.8 Å². The summed E-state index contributed by atoms with van der Waals surface area (Å²) in [5.74, 6) is 0.420. The van der Waals surface area contributed by atoms with Crippen molar-refractivity contribution >= 4 is 11.6 Å². The quantitative estimate of drug-likeness (QED) is 0.658. The number of nitrogens with zero attached hydrogens (tertiary/aromatic N) is 2. The molecule has 1 fully saturated rings. The SMILES string of the molecule is CC(C)(C)C(=O)CN1CCN(CCCc2ccc(C(=O)C(C)(C)C)cc2)[C@@H](CO)C1. The Morgan fingerprint density at radius 1 is 1.00 bits per heavy atom. The molecule has 5 nitrogen and oxygen atoms in total. The van der Waals surface area contributed by atoms with Crippen LogP contribution in [0.5, 0.6) is 0 Å². The summed E-state index contributed by atoms with van der Waals surface area (Å²) in [6, 6.07) is 8.06. The summed E-state index contributed by atoms with van der Waals surface area (Å²) in [7, 11) is 0. The van der Waals surface area contributed by atoms with Gasteiger partial charge in [-0.3, -0.25) is 19.4 Å². The van der Waals surface area contributed by atoms with Crippen LogP contribution in [-0.4, -0.2) is 71.8 Å². The molecule has 0 radical (unpaired) electrons. The van der Waals surface area contributed by atoms with E-state index in [-0.39, 0.29) is 35.0 Å². The van der Waals surface area contributed by atoms with Crippen LogP contribution in [-0.2, 0) is 11.2 Å². The fourth-order valence-electron chi connectivity index (χ4n) is 3.75. The second kappa shape index (κ2) is 10.2. The molecule has 5 heteroatoms. The molecular weight excluding hydrogens is 376 g/mol. The summed E-state index contributed by atoms with van der Waals surface area (Å²) in [6.07, 6.45) is 1.95. The number of aliphatic hydroxyl groups excluding tert-OH is 1. The Bertz CT molecular complexity index is 713. The molecule has 0 bridgehead atoms. The lowest BCUT2D eigenvalue weighted by atomic mass is 9.86. The van der Waals surface area contributed by atoms with Gasteiger partial charge < -0.3 is 5.11 Å². The van der Waals surface area contributed by atoms with E-state index < -0.39 is 0 Å². The number of rotatable bonds is 8. The maximum Gasteiger partial charge on any atom is 0.168 e. The van der Waals surface area contributed by atoms with Crippen molar-refractivity contribution < 1.29 is 14.7 Å². The number of hydrogen-bond acceptors (Lipinski definition) is 5. The van der Waals surface area contributed by atoms with Gasteiger partial charge in [0.2, 0.25) is 0 Å². The highest BCUT2D eigenvalue weighted by Crippen LogP contribution is 2.21. The lowest BCUT2D eigenvalue weighted by Gasteiger charge is -2.41. The van der Waals surface area contributed by atoms with Crippen molar-refractivity contribution in [3.63, 3.8) is 0 Å². The lowest BCUT2D eigenvalue weighted by molar-refractivity contribution is -0.128. The number of benzene rings is 1. The van der Waals surface area contributed by atoms with Crippen LogP contribution in [0.1, 0.15) is 63.9 Å².